The lowest BCUT2D eigenvalue weighted by Crippen LogP contribution is -2.32. The summed E-state index contributed by atoms with van der Waals surface area (Å²) in [6, 6.07) is 12.8. The second-order valence-electron chi connectivity index (χ2n) is 5.67. The summed E-state index contributed by atoms with van der Waals surface area (Å²) in [5.74, 6) is -1.00. The maximum Gasteiger partial charge on any atom is 0.305 e. The first-order chi connectivity index (χ1) is 11.5. The molecule has 6 heteroatoms. The highest BCUT2D eigenvalue weighted by Crippen LogP contribution is 2.37. The van der Waals surface area contributed by atoms with E-state index in [9.17, 15) is 15.0 Å². The molecule has 5 nitrogen and oxygen atoms in total. The van der Waals surface area contributed by atoms with Crippen molar-refractivity contribution < 1.29 is 15.0 Å². The number of anilines is 1. The molecule has 0 saturated heterocycles. The summed E-state index contributed by atoms with van der Waals surface area (Å²) in [5.41, 5.74) is 3.13. The number of hydrazone groups is 1. The van der Waals surface area contributed by atoms with Gasteiger partial charge in [-0.2, -0.15) is 0 Å². The maximum atomic E-state index is 11.4. The largest absolute Gasteiger partial charge is 0.492 e. The standard InChI is InChI=1S/C18H18N2O3S/c1-11-6-7-14-15(8-11)16(10-17(21)22)20(19-18(14)23)12-4-3-5-13(9-12)24-2/h3-9,16H,10H2,1-2H3,(H,19,23)(H,21,22). The van der Waals surface area contributed by atoms with Gasteiger partial charge in [-0.25, -0.2) is 0 Å². The van der Waals surface area contributed by atoms with E-state index in [1.54, 1.807) is 22.8 Å². The number of aliphatic carboxylic acids is 1. The number of hydrogen-bond donors (Lipinski definition) is 2. The van der Waals surface area contributed by atoms with Gasteiger partial charge in [0.15, 0.2) is 0 Å². The Morgan fingerprint density at radius 2 is 2.08 bits per heavy atom. The molecule has 2 aromatic rings. The second kappa shape index (κ2) is 6.57. The number of rotatable bonds is 4. The summed E-state index contributed by atoms with van der Waals surface area (Å²) >= 11 is 1.60. The average Bonchev–Trinajstić information content (AvgIpc) is 2.56. The Bertz CT molecular complexity index is 820. The van der Waals surface area contributed by atoms with E-state index in [1.807, 2.05) is 49.6 Å². The zero-order valence-corrected chi connectivity index (χ0v) is 14.2. The van der Waals surface area contributed by atoms with Crippen LogP contribution in [0.5, 0.6) is 0 Å². The molecule has 2 aromatic carbocycles. The van der Waals surface area contributed by atoms with Gasteiger partial charge >= 0.3 is 5.97 Å². The Kier molecular flexibility index (Phi) is 4.49. The van der Waals surface area contributed by atoms with E-state index in [4.69, 9.17) is 0 Å². The van der Waals surface area contributed by atoms with Crippen LogP contribution in [-0.2, 0) is 4.79 Å². The Morgan fingerprint density at radius 3 is 2.79 bits per heavy atom. The van der Waals surface area contributed by atoms with Gasteiger partial charge in [0.25, 0.3) is 0 Å². The number of nitrogens with zero attached hydrogens (tertiary/aromatic N) is 2. The van der Waals surface area contributed by atoms with Crippen LogP contribution in [0.3, 0.4) is 0 Å². The molecule has 0 aliphatic carbocycles. The molecule has 0 fully saturated rings. The summed E-state index contributed by atoms with van der Waals surface area (Å²) in [5, 5.41) is 25.5. The van der Waals surface area contributed by atoms with Crippen molar-refractivity contribution in [1.29, 1.82) is 0 Å². The van der Waals surface area contributed by atoms with E-state index in [-0.39, 0.29) is 12.3 Å². The number of aliphatic hydroxyl groups is 1. The fourth-order valence-corrected chi connectivity index (χ4v) is 3.32. The Balaban J connectivity index is 2.13. The molecule has 0 bridgehead atoms. The fourth-order valence-electron chi connectivity index (χ4n) is 2.87. The van der Waals surface area contributed by atoms with Crippen molar-refractivity contribution >= 4 is 29.3 Å². The van der Waals surface area contributed by atoms with Gasteiger partial charge in [0.2, 0.25) is 5.90 Å². The van der Waals surface area contributed by atoms with Crippen molar-refractivity contribution in [3.05, 3.63) is 59.2 Å². The number of carboxylic acids is 1. The van der Waals surface area contributed by atoms with Crippen molar-refractivity contribution in [3.8, 4) is 0 Å². The predicted molar refractivity (Wildman–Crippen MR) is 96.0 cm³/mol. The van der Waals surface area contributed by atoms with Crippen LogP contribution in [0.25, 0.3) is 0 Å². The molecule has 3 rings (SSSR count). The summed E-state index contributed by atoms with van der Waals surface area (Å²) in [4.78, 5) is 12.4. The van der Waals surface area contributed by atoms with Crippen LogP contribution in [0.4, 0.5) is 5.69 Å². The minimum absolute atomic E-state index is 0.0961. The van der Waals surface area contributed by atoms with E-state index in [2.05, 4.69) is 5.10 Å². The third-order valence-electron chi connectivity index (χ3n) is 3.99. The van der Waals surface area contributed by atoms with Gasteiger partial charge in [0.05, 0.1) is 18.2 Å². The van der Waals surface area contributed by atoms with Crippen LogP contribution < -0.4 is 5.01 Å². The SMILES string of the molecule is CSc1cccc(N2N=C(O)c3ccc(C)cc3C2CC(=O)O)c1. The van der Waals surface area contributed by atoms with Gasteiger partial charge in [-0.3, -0.25) is 9.80 Å². The van der Waals surface area contributed by atoms with E-state index in [1.165, 1.54) is 0 Å². The number of aryl methyl sites for hydroxylation is 1. The molecule has 24 heavy (non-hydrogen) atoms. The number of carboxylic acid groups (broad SMARTS) is 1. The lowest BCUT2D eigenvalue weighted by atomic mass is 9.93. The van der Waals surface area contributed by atoms with Crippen molar-refractivity contribution in [1.82, 2.24) is 0 Å². The molecule has 0 saturated carbocycles. The summed E-state index contributed by atoms with van der Waals surface area (Å²) in [6.07, 6.45) is 1.88. The first kappa shape index (κ1) is 16.4. The first-order valence-electron chi connectivity index (χ1n) is 7.53. The minimum Gasteiger partial charge on any atom is -0.492 e. The smallest absolute Gasteiger partial charge is 0.305 e. The van der Waals surface area contributed by atoms with Crippen LogP contribution >= 0.6 is 11.8 Å². The van der Waals surface area contributed by atoms with Crippen LogP contribution in [0.15, 0.2) is 52.5 Å². The molecular weight excluding hydrogens is 324 g/mol. The average molecular weight is 342 g/mol. The molecule has 1 unspecified atom stereocenters. The van der Waals surface area contributed by atoms with E-state index < -0.39 is 12.0 Å². The molecule has 1 aliphatic rings. The van der Waals surface area contributed by atoms with Gasteiger partial charge in [-0.15, -0.1) is 16.9 Å². The number of aliphatic hydroxyl groups excluding tert-OH is 1. The molecule has 0 spiro atoms. The van der Waals surface area contributed by atoms with Gasteiger partial charge < -0.3 is 10.2 Å². The Labute approximate surface area is 144 Å². The third kappa shape index (κ3) is 3.10. The van der Waals surface area contributed by atoms with Gasteiger partial charge in [-0.1, -0.05) is 23.8 Å². The molecule has 1 heterocycles. The third-order valence-corrected chi connectivity index (χ3v) is 4.72. The van der Waals surface area contributed by atoms with E-state index >= 15 is 0 Å². The number of benzene rings is 2. The van der Waals surface area contributed by atoms with Crippen molar-refractivity contribution in [2.75, 3.05) is 11.3 Å². The van der Waals surface area contributed by atoms with Crippen LogP contribution in [0, 0.1) is 6.92 Å². The fraction of sp³-hybridized carbons (Fsp3) is 0.222. The molecule has 2 N–H and O–H groups in total. The Morgan fingerprint density at radius 1 is 1.29 bits per heavy atom. The minimum atomic E-state index is -0.907. The van der Waals surface area contributed by atoms with Crippen LogP contribution in [-0.4, -0.2) is 28.3 Å². The highest BCUT2D eigenvalue weighted by atomic mass is 32.2. The molecule has 1 aliphatic heterocycles. The van der Waals surface area contributed by atoms with Crippen LogP contribution in [0.1, 0.15) is 29.2 Å². The quantitative estimate of drug-likeness (QED) is 0.823. The summed E-state index contributed by atoms with van der Waals surface area (Å²) in [7, 11) is 0. The highest BCUT2D eigenvalue weighted by molar-refractivity contribution is 7.98. The number of fused-ring (bicyclic) bond motifs is 1. The van der Waals surface area contributed by atoms with Crippen molar-refractivity contribution in [3.63, 3.8) is 0 Å². The predicted octanol–water partition coefficient (Wildman–Crippen LogP) is 3.97. The number of thioether (sulfide) groups is 1. The van der Waals surface area contributed by atoms with Gasteiger partial charge in [0.1, 0.15) is 0 Å². The lowest BCUT2D eigenvalue weighted by molar-refractivity contribution is -0.137. The highest BCUT2D eigenvalue weighted by Gasteiger charge is 2.31. The maximum absolute atomic E-state index is 11.4. The molecular formula is C18H18N2O3S. The Hall–Kier alpha value is -2.47. The van der Waals surface area contributed by atoms with Gasteiger partial charge in [0, 0.05) is 10.5 Å². The molecule has 1 atom stereocenters. The molecule has 0 radical (unpaired) electrons. The first-order valence-corrected chi connectivity index (χ1v) is 8.75. The zero-order valence-electron chi connectivity index (χ0n) is 13.4. The van der Waals surface area contributed by atoms with Gasteiger partial charge in [-0.05, 0) is 43.0 Å². The zero-order chi connectivity index (χ0) is 17.3. The van der Waals surface area contributed by atoms with Crippen LogP contribution in [0.2, 0.25) is 0 Å². The molecule has 124 valence electrons. The molecule has 0 aromatic heterocycles. The monoisotopic (exact) mass is 342 g/mol. The number of carbonyl (C=O) groups is 1. The topological polar surface area (TPSA) is 73.1 Å². The summed E-state index contributed by atoms with van der Waals surface area (Å²) < 4.78 is 0. The van der Waals surface area contributed by atoms with Crippen molar-refractivity contribution in [2.24, 2.45) is 5.10 Å². The van der Waals surface area contributed by atoms with E-state index in [0.29, 0.717) is 5.56 Å². The van der Waals surface area contributed by atoms with Crippen molar-refractivity contribution in [2.45, 2.75) is 24.3 Å². The van der Waals surface area contributed by atoms with E-state index in [0.717, 1.165) is 21.7 Å². The normalized spacial score (nSPS) is 16.5. The number of hydrogen-bond acceptors (Lipinski definition) is 4. The summed E-state index contributed by atoms with van der Waals surface area (Å²) in [6.45, 7) is 1.94. The lowest BCUT2D eigenvalue weighted by Gasteiger charge is -2.33. The molecule has 0 amide bonds. The second-order valence-corrected chi connectivity index (χ2v) is 6.55.